The number of amides is 1. The van der Waals surface area contributed by atoms with Gasteiger partial charge < -0.3 is 10.1 Å². The molecule has 0 aliphatic carbocycles. The molecule has 1 aromatic carbocycles. The second kappa shape index (κ2) is 8.17. The third kappa shape index (κ3) is 4.39. The molecular weight excluding hydrogens is 356 g/mol. The molecule has 0 unspecified atom stereocenters. The molecule has 2 heterocycles. The van der Waals surface area contributed by atoms with Gasteiger partial charge in [-0.3, -0.25) is 14.9 Å². The van der Waals surface area contributed by atoms with Gasteiger partial charge in [0.2, 0.25) is 5.88 Å². The van der Waals surface area contributed by atoms with Crippen LogP contribution in [0.25, 0.3) is 10.6 Å². The van der Waals surface area contributed by atoms with Crippen molar-refractivity contribution >= 4 is 22.9 Å². The second-order valence-corrected chi connectivity index (χ2v) is 6.09. The zero-order valence-electron chi connectivity index (χ0n) is 13.5. The minimum absolute atomic E-state index is 0.0607. The summed E-state index contributed by atoms with van der Waals surface area (Å²) in [5, 5.41) is 23.3. The maximum Gasteiger partial charge on any atom is 0.269 e. The Morgan fingerprint density at radius 3 is 2.58 bits per heavy atom. The number of nitrogens with one attached hydrogen (secondary N) is 1. The van der Waals surface area contributed by atoms with Gasteiger partial charge in [0.1, 0.15) is 12.3 Å². The Morgan fingerprint density at radius 1 is 1.15 bits per heavy atom. The number of benzene rings is 1. The van der Waals surface area contributed by atoms with Crippen molar-refractivity contribution in [3.05, 3.63) is 69.6 Å². The molecule has 0 radical (unpaired) electrons. The Labute approximate surface area is 152 Å². The van der Waals surface area contributed by atoms with E-state index in [9.17, 15) is 14.9 Å². The molecule has 0 aliphatic rings. The minimum atomic E-state index is -0.514. The van der Waals surface area contributed by atoms with E-state index in [1.807, 2.05) is 23.6 Å². The molecule has 0 spiro atoms. The predicted octanol–water partition coefficient (Wildman–Crippen LogP) is 2.92. The number of rotatable bonds is 7. The van der Waals surface area contributed by atoms with E-state index >= 15 is 0 Å². The van der Waals surface area contributed by atoms with Crippen LogP contribution in [0.5, 0.6) is 5.88 Å². The van der Waals surface area contributed by atoms with Gasteiger partial charge in [0.25, 0.3) is 11.6 Å². The molecule has 0 saturated heterocycles. The number of hydrogen-bond donors (Lipinski definition) is 1. The smallest absolute Gasteiger partial charge is 0.269 e. The lowest BCUT2D eigenvalue weighted by Crippen LogP contribution is -2.28. The Bertz CT molecular complexity index is 880. The Kier molecular flexibility index (Phi) is 5.49. The summed E-state index contributed by atoms with van der Waals surface area (Å²) in [5.74, 6) is 0.0394. The van der Waals surface area contributed by atoms with Gasteiger partial charge in [-0.1, -0.05) is 6.07 Å². The molecule has 2 aromatic heterocycles. The average molecular weight is 370 g/mol. The van der Waals surface area contributed by atoms with Gasteiger partial charge in [-0.05, 0) is 29.6 Å². The molecule has 1 N–H and O–H groups in total. The first-order chi connectivity index (χ1) is 12.6. The summed E-state index contributed by atoms with van der Waals surface area (Å²) in [6, 6.07) is 12.8. The molecule has 0 fully saturated rings. The molecule has 3 rings (SSSR count). The van der Waals surface area contributed by atoms with Crippen LogP contribution in [-0.2, 0) is 0 Å². The van der Waals surface area contributed by atoms with E-state index in [1.165, 1.54) is 24.3 Å². The van der Waals surface area contributed by atoms with E-state index in [0.29, 0.717) is 11.4 Å². The fourth-order valence-corrected chi connectivity index (χ4v) is 2.80. The van der Waals surface area contributed by atoms with E-state index in [1.54, 1.807) is 17.4 Å². The molecule has 8 nitrogen and oxygen atoms in total. The first kappa shape index (κ1) is 17.5. The SMILES string of the molecule is O=C(NCCOc1ccc(-c2cccs2)nn1)c1ccc([N+](=O)[O-])cc1. The number of aromatic nitrogens is 2. The zero-order chi connectivity index (χ0) is 18.4. The zero-order valence-corrected chi connectivity index (χ0v) is 14.3. The highest BCUT2D eigenvalue weighted by molar-refractivity contribution is 7.13. The van der Waals surface area contributed by atoms with Gasteiger partial charge in [-0.2, -0.15) is 0 Å². The van der Waals surface area contributed by atoms with Gasteiger partial charge >= 0.3 is 0 Å². The number of nitro groups is 1. The maximum atomic E-state index is 11.9. The lowest BCUT2D eigenvalue weighted by molar-refractivity contribution is -0.384. The second-order valence-electron chi connectivity index (χ2n) is 5.14. The van der Waals surface area contributed by atoms with E-state index in [-0.39, 0.29) is 24.7 Å². The number of carbonyl (C=O) groups is 1. The van der Waals surface area contributed by atoms with Crippen molar-refractivity contribution in [2.75, 3.05) is 13.2 Å². The summed E-state index contributed by atoms with van der Waals surface area (Å²) < 4.78 is 5.44. The van der Waals surface area contributed by atoms with Crippen LogP contribution in [-0.4, -0.2) is 34.2 Å². The lowest BCUT2D eigenvalue weighted by atomic mass is 10.2. The third-order valence-electron chi connectivity index (χ3n) is 3.39. The van der Waals surface area contributed by atoms with E-state index < -0.39 is 4.92 Å². The predicted molar refractivity (Wildman–Crippen MR) is 96.3 cm³/mol. The van der Waals surface area contributed by atoms with Crippen LogP contribution in [0.1, 0.15) is 10.4 Å². The van der Waals surface area contributed by atoms with Gasteiger partial charge in [-0.15, -0.1) is 21.5 Å². The topological polar surface area (TPSA) is 107 Å². The molecule has 0 atom stereocenters. The van der Waals surface area contributed by atoms with Gasteiger partial charge in [0.15, 0.2) is 0 Å². The Hall–Kier alpha value is -3.33. The Morgan fingerprint density at radius 2 is 1.96 bits per heavy atom. The fourth-order valence-electron chi connectivity index (χ4n) is 2.11. The highest BCUT2D eigenvalue weighted by atomic mass is 32.1. The molecule has 0 aliphatic heterocycles. The summed E-state index contributed by atoms with van der Waals surface area (Å²) >= 11 is 1.58. The van der Waals surface area contributed by atoms with E-state index in [4.69, 9.17) is 4.74 Å². The van der Waals surface area contributed by atoms with Gasteiger partial charge in [-0.25, -0.2) is 0 Å². The van der Waals surface area contributed by atoms with Crippen LogP contribution >= 0.6 is 11.3 Å². The van der Waals surface area contributed by atoms with E-state index in [2.05, 4.69) is 15.5 Å². The van der Waals surface area contributed by atoms with Crippen molar-refractivity contribution < 1.29 is 14.5 Å². The van der Waals surface area contributed by atoms with Crippen molar-refractivity contribution in [2.45, 2.75) is 0 Å². The standard InChI is InChI=1S/C17H14N4O4S/c22-17(12-3-5-13(6-4-12)21(23)24)18-9-10-25-16-8-7-14(19-20-16)15-2-1-11-26-15/h1-8,11H,9-10H2,(H,18,22). The van der Waals surface area contributed by atoms with Gasteiger partial charge in [0, 0.05) is 23.8 Å². The minimum Gasteiger partial charge on any atom is -0.475 e. The molecule has 132 valence electrons. The summed E-state index contributed by atoms with van der Waals surface area (Å²) in [4.78, 5) is 23.1. The monoisotopic (exact) mass is 370 g/mol. The normalized spacial score (nSPS) is 10.3. The summed E-state index contributed by atoms with van der Waals surface area (Å²) in [6.07, 6.45) is 0. The molecular formula is C17H14N4O4S. The number of hydrogen-bond acceptors (Lipinski definition) is 7. The van der Waals surface area contributed by atoms with Crippen molar-refractivity contribution in [3.8, 4) is 16.5 Å². The number of non-ortho nitro benzene ring substituents is 1. The molecule has 26 heavy (non-hydrogen) atoms. The summed E-state index contributed by atoms with van der Waals surface area (Å²) in [6.45, 7) is 0.496. The summed E-state index contributed by atoms with van der Waals surface area (Å²) in [7, 11) is 0. The lowest BCUT2D eigenvalue weighted by Gasteiger charge is -2.07. The van der Waals surface area contributed by atoms with Crippen LogP contribution < -0.4 is 10.1 Å². The highest BCUT2D eigenvalue weighted by Gasteiger charge is 2.09. The molecule has 1 amide bonds. The first-order valence-corrected chi connectivity index (χ1v) is 8.54. The summed E-state index contributed by atoms with van der Waals surface area (Å²) in [5.41, 5.74) is 1.06. The van der Waals surface area contributed by atoms with Crippen LogP contribution in [0, 0.1) is 10.1 Å². The van der Waals surface area contributed by atoms with Gasteiger partial charge in [0.05, 0.1) is 16.3 Å². The number of carbonyl (C=O) groups excluding carboxylic acids is 1. The molecule has 0 bridgehead atoms. The van der Waals surface area contributed by atoms with Crippen LogP contribution in [0.15, 0.2) is 53.9 Å². The van der Waals surface area contributed by atoms with Crippen LogP contribution in [0.3, 0.4) is 0 Å². The van der Waals surface area contributed by atoms with Crippen molar-refractivity contribution in [1.82, 2.24) is 15.5 Å². The average Bonchev–Trinajstić information content (AvgIpc) is 3.20. The first-order valence-electron chi connectivity index (χ1n) is 7.66. The van der Waals surface area contributed by atoms with Crippen molar-refractivity contribution in [1.29, 1.82) is 0 Å². The maximum absolute atomic E-state index is 11.9. The molecule has 9 heteroatoms. The number of nitrogens with zero attached hydrogens (tertiary/aromatic N) is 3. The van der Waals surface area contributed by atoms with Crippen LogP contribution in [0.4, 0.5) is 5.69 Å². The third-order valence-corrected chi connectivity index (χ3v) is 4.28. The highest BCUT2D eigenvalue weighted by Crippen LogP contribution is 2.22. The number of nitro benzene ring substituents is 1. The molecule has 3 aromatic rings. The van der Waals surface area contributed by atoms with Crippen molar-refractivity contribution in [2.24, 2.45) is 0 Å². The number of thiophene rings is 1. The largest absolute Gasteiger partial charge is 0.475 e. The number of ether oxygens (including phenoxy) is 1. The van der Waals surface area contributed by atoms with E-state index in [0.717, 1.165) is 10.6 Å². The van der Waals surface area contributed by atoms with Crippen LogP contribution in [0.2, 0.25) is 0 Å². The fraction of sp³-hybridized carbons (Fsp3) is 0.118. The van der Waals surface area contributed by atoms with Crippen molar-refractivity contribution in [3.63, 3.8) is 0 Å². The Balaban J connectivity index is 1.45. The quantitative estimate of drug-likeness (QED) is 0.389. The molecule has 0 saturated carbocycles.